The molecule has 0 heterocycles. The predicted octanol–water partition coefficient (Wildman–Crippen LogP) is 6.66. The van der Waals surface area contributed by atoms with E-state index >= 15 is 0 Å². The van der Waals surface area contributed by atoms with E-state index in [0.717, 1.165) is 38.3 Å². The van der Waals surface area contributed by atoms with Crippen molar-refractivity contribution in [3.05, 3.63) is 161 Å². The average molecular weight is 715 g/mol. The van der Waals surface area contributed by atoms with Crippen LogP contribution in [-0.2, 0) is 35.8 Å². The molecule has 248 valence electrons. The Morgan fingerprint density at radius 1 is 0.489 bits per heavy atom. The lowest BCUT2D eigenvalue weighted by atomic mass is 9.65. The van der Waals surface area contributed by atoms with Gasteiger partial charge in [0.2, 0.25) is 0 Å². The van der Waals surface area contributed by atoms with Crippen LogP contribution in [-0.4, -0.2) is 45.2 Å². The molecule has 0 amide bonds. The van der Waals surface area contributed by atoms with E-state index in [1.54, 1.807) is 31.2 Å². The van der Waals surface area contributed by atoms with Crippen molar-refractivity contribution in [2.45, 2.75) is 33.9 Å². The maximum absolute atomic E-state index is 12.0. The molecule has 0 aromatic heterocycles. The van der Waals surface area contributed by atoms with Crippen molar-refractivity contribution >= 4 is 43.0 Å². The Balaban J connectivity index is 0.000000309. The Bertz CT molecular complexity index is 2140. The van der Waals surface area contributed by atoms with Crippen molar-refractivity contribution in [2.24, 2.45) is 0 Å². The molecule has 1 atom stereocenters. The highest BCUT2D eigenvalue weighted by Gasteiger charge is 2.39. The summed E-state index contributed by atoms with van der Waals surface area (Å²) in [6, 6.07) is 38.6. The summed E-state index contributed by atoms with van der Waals surface area (Å²) >= 11 is 4.57. The first-order valence-corrected chi connectivity index (χ1v) is 19.0. The number of benzene rings is 5. The van der Waals surface area contributed by atoms with Gasteiger partial charge in [0.05, 0.1) is 21.5 Å². The van der Waals surface area contributed by atoms with Crippen molar-refractivity contribution in [2.75, 3.05) is 6.26 Å². The fourth-order valence-corrected chi connectivity index (χ4v) is 6.23. The highest BCUT2D eigenvalue weighted by molar-refractivity contribution is 7.86. The highest BCUT2D eigenvalue weighted by Crippen LogP contribution is 2.46. The van der Waals surface area contributed by atoms with Gasteiger partial charge in [0.25, 0.3) is 30.4 Å². The van der Waals surface area contributed by atoms with Gasteiger partial charge in [-0.1, -0.05) is 96.6 Å². The maximum atomic E-state index is 12.0. The maximum Gasteiger partial charge on any atom is 0.294 e. The van der Waals surface area contributed by atoms with E-state index in [9.17, 15) is 29.8 Å². The Hall–Kier alpha value is -3.82. The van der Waals surface area contributed by atoms with E-state index in [2.05, 4.69) is 24.8 Å². The van der Waals surface area contributed by atoms with E-state index in [1.165, 1.54) is 18.2 Å². The van der Waals surface area contributed by atoms with Crippen LogP contribution in [0.25, 0.3) is 0 Å². The lowest BCUT2D eigenvalue weighted by Gasteiger charge is -2.37. The van der Waals surface area contributed by atoms with Gasteiger partial charge in [-0.2, -0.15) is 25.3 Å². The number of thiol groups is 1. The van der Waals surface area contributed by atoms with Crippen LogP contribution in [0, 0.1) is 13.8 Å². The minimum atomic E-state index is -4.36. The minimum absolute atomic E-state index is 0.0579. The van der Waals surface area contributed by atoms with E-state index in [0.29, 0.717) is 6.26 Å². The van der Waals surface area contributed by atoms with Crippen molar-refractivity contribution in [3.63, 3.8) is 0 Å². The molecule has 3 N–H and O–H groups in total. The standard InChI is InChI=1S/C26H22O3S2.C7H8O3S.CH4O3S/c1-19-13-15-21(16-14-19)26(20-7-3-2-4-8-20,22-9-5-11-24(30)17-22)23-10-6-12-25(18-23)31(27,28)29;1-6-3-2-4-7(5-6)11(8,9)10;1-5(2,3)4/h2-18,30H,1H3,(H,27,28,29);2-5H,1H3,(H,8,9,10);1H3,(H,2,3,4). The largest absolute Gasteiger partial charge is 0.294 e. The van der Waals surface area contributed by atoms with Crippen LogP contribution in [0.3, 0.4) is 0 Å². The minimum Gasteiger partial charge on any atom is -0.286 e. The third-order valence-corrected chi connectivity index (χ3v) is 8.80. The second kappa shape index (κ2) is 15.4. The van der Waals surface area contributed by atoms with Gasteiger partial charge in [-0.25, -0.2) is 0 Å². The Labute approximate surface area is 281 Å². The fourth-order valence-electron chi connectivity index (χ4n) is 4.90. The van der Waals surface area contributed by atoms with E-state index in [1.807, 2.05) is 79.7 Å². The third kappa shape index (κ3) is 10.6. The molecular formula is C34H34O9S4. The number of hydrogen-bond acceptors (Lipinski definition) is 7. The fraction of sp³-hybridized carbons (Fsp3) is 0.118. The average Bonchev–Trinajstić information content (AvgIpc) is 2.98. The summed E-state index contributed by atoms with van der Waals surface area (Å²) in [5.41, 5.74) is 4.76. The molecule has 0 bridgehead atoms. The molecule has 0 radical (unpaired) electrons. The van der Waals surface area contributed by atoms with E-state index in [-0.39, 0.29) is 9.79 Å². The molecule has 0 fully saturated rings. The SMILES string of the molecule is CS(=O)(=O)O.Cc1ccc(C(c2ccccc2)(c2cccc(S)c2)c2cccc(S(=O)(=O)O)c2)cc1.Cc1cccc(S(=O)(=O)O)c1. The molecule has 0 aliphatic rings. The first-order valence-electron chi connectivity index (χ1n) is 13.8. The Kier molecular flexibility index (Phi) is 12.3. The lowest BCUT2D eigenvalue weighted by Crippen LogP contribution is -2.31. The Morgan fingerprint density at radius 2 is 0.915 bits per heavy atom. The molecule has 0 saturated carbocycles. The van der Waals surface area contributed by atoms with Gasteiger partial charge >= 0.3 is 0 Å². The predicted molar refractivity (Wildman–Crippen MR) is 185 cm³/mol. The second-order valence-corrected chi connectivity index (χ2v) is 15.4. The summed E-state index contributed by atoms with van der Waals surface area (Å²) in [5.74, 6) is 0. The van der Waals surface area contributed by atoms with Crippen molar-refractivity contribution in [1.29, 1.82) is 0 Å². The molecule has 5 aromatic carbocycles. The third-order valence-electron chi connectivity index (χ3n) is 6.82. The summed E-state index contributed by atoms with van der Waals surface area (Å²) in [5, 5.41) is 0. The number of aryl methyl sites for hydroxylation is 2. The molecule has 5 aromatic rings. The lowest BCUT2D eigenvalue weighted by molar-refractivity contribution is 0.480. The van der Waals surface area contributed by atoms with Crippen LogP contribution >= 0.6 is 12.6 Å². The van der Waals surface area contributed by atoms with E-state index in [4.69, 9.17) is 9.11 Å². The van der Waals surface area contributed by atoms with Crippen molar-refractivity contribution < 1.29 is 38.9 Å². The van der Waals surface area contributed by atoms with Gasteiger partial charge in [-0.3, -0.25) is 13.7 Å². The molecule has 5 rings (SSSR count). The first-order chi connectivity index (χ1) is 21.8. The van der Waals surface area contributed by atoms with Crippen LogP contribution in [0.5, 0.6) is 0 Å². The molecule has 0 spiro atoms. The van der Waals surface area contributed by atoms with Crippen LogP contribution in [0.1, 0.15) is 33.4 Å². The van der Waals surface area contributed by atoms with Crippen molar-refractivity contribution in [1.82, 2.24) is 0 Å². The molecule has 0 aliphatic heterocycles. The van der Waals surface area contributed by atoms with Gasteiger partial charge in [0.15, 0.2) is 0 Å². The van der Waals surface area contributed by atoms with Crippen LogP contribution in [0.2, 0.25) is 0 Å². The van der Waals surface area contributed by atoms with Crippen molar-refractivity contribution in [3.8, 4) is 0 Å². The second-order valence-electron chi connectivity index (χ2n) is 10.6. The molecule has 1 unspecified atom stereocenters. The van der Waals surface area contributed by atoms with Crippen LogP contribution in [0.4, 0.5) is 0 Å². The highest BCUT2D eigenvalue weighted by atomic mass is 32.2. The number of hydrogen-bond donors (Lipinski definition) is 4. The van der Waals surface area contributed by atoms with Gasteiger partial charge < -0.3 is 0 Å². The molecule has 13 heteroatoms. The molecule has 47 heavy (non-hydrogen) atoms. The monoisotopic (exact) mass is 714 g/mol. The normalized spacial score (nSPS) is 12.8. The molecule has 0 aliphatic carbocycles. The zero-order chi connectivity index (χ0) is 35.0. The number of rotatable bonds is 6. The van der Waals surface area contributed by atoms with Gasteiger partial charge in [-0.05, 0) is 78.1 Å². The summed E-state index contributed by atoms with van der Waals surface area (Å²) in [7, 11) is -12.1. The smallest absolute Gasteiger partial charge is 0.286 e. The molecule has 0 saturated heterocycles. The summed E-state index contributed by atoms with van der Waals surface area (Å²) in [6.45, 7) is 3.79. The van der Waals surface area contributed by atoms with Crippen LogP contribution < -0.4 is 0 Å². The zero-order valence-electron chi connectivity index (χ0n) is 25.6. The summed E-state index contributed by atoms with van der Waals surface area (Å²) in [6.07, 6.45) is 0.715. The molecule has 9 nitrogen and oxygen atoms in total. The Morgan fingerprint density at radius 3 is 1.38 bits per heavy atom. The zero-order valence-corrected chi connectivity index (χ0v) is 28.9. The van der Waals surface area contributed by atoms with Gasteiger partial charge in [0, 0.05) is 4.90 Å². The van der Waals surface area contributed by atoms with Gasteiger partial charge in [-0.15, -0.1) is 12.6 Å². The van der Waals surface area contributed by atoms with Gasteiger partial charge in [0.1, 0.15) is 0 Å². The summed E-state index contributed by atoms with van der Waals surface area (Å²) < 4.78 is 89.2. The molecular weight excluding hydrogens is 681 g/mol. The first kappa shape index (κ1) is 37.6. The summed E-state index contributed by atoms with van der Waals surface area (Å²) in [4.78, 5) is 0.604. The van der Waals surface area contributed by atoms with E-state index < -0.39 is 35.8 Å². The van der Waals surface area contributed by atoms with Crippen LogP contribution in [0.15, 0.2) is 142 Å². The topological polar surface area (TPSA) is 163 Å². The quantitative estimate of drug-likeness (QED) is 0.0856.